The number of rotatable bonds is 5. The molecule has 5 nitrogen and oxygen atoms in total. The highest BCUT2D eigenvalue weighted by Gasteiger charge is 2.24. The van der Waals surface area contributed by atoms with E-state index in [1.165, 1.54) is 0 Å². The third-order valence-corrected chi connectivity index (χ3v) is 5.83. The number of nitrogens with zero attached hydrogens (tertiary/aromatic N) is 2. The molecule has 0 atom stereocenters. The molecule has 5 aromatic rings. The van der Waals surface area contributed by atoms with Crippen LogP contribution in [-0.2, 0) is 4.79 Å². The van der Waals surface area contributed by atoms with Gasteiger partial charge in [0.1, 0.15) is 10.7 Å². The minimum atomic E-state index is -0.678. The maximum absolute atomic E-state index is 13.2. The average Bonchev–Trinajstić information content (AvgIpc) is 3.48. The van der Waals surface area contributed by atoms with E-state index in [1.54, 1.807) is 40.3 Å². The van der Waals surface area contributed by atoms with Crippen LogP contribution >= 0.6 is 11.3 Å². The van der Waals surface area contributed by atoms with Crippen LogP contribution in [-0.4, -0.2) is 21.1 Å². The van der Waals surface area contributed by atoms with Gasteiger partial charge < -0.3 is 9.72 Å². The Morgan fingerprint density at radius 3 is 2.39 bits per heavy atom. The summed E-state index contributed by atoms with van der Waals surface area (Å²) in [6.45, 7) is 0. The van der Waals surface area contributed by atoms with Crippen molar-refractivity contribution in [1.82, 2.24) is 9.38 Å². The van der Waals surface area contributed by atoms with E-state index < -0.39 is 11.7 Å². The van der Waals surface area contributed by atoms with Gasteiger partial charge in [0.05, 0.1) is 0 Å². The summed E-state index contributed by atoms with van der Waals surface area (Å²) in [6, 6.07) is 24.5. The van der Waals surface area contributed by atoms with Gasteiger partial charge in [-0.15, -0.1) is 11.3 Å². The van der Waals surface area contributed by atoms with Gasteiger partial charge in [-0.1, -0.05) is 36.4 Å². The number of ketones is 1. The Labute approximate surface area is 182 Å². The van der Waals surface area contributed by atoms with E-state index in [4.69, 9.17) is 0 Å². The van der Waals surface area contributed by atoms with Crippen LogP contribution in [0.25, 0.3) is 27.2 Å². The number of nitrogens with one attached hydrogen (secondary N) is 1. The van der Waals surface area contributed by atoms with Gasteiger partial charge in [0.25, 0.3) is 11.7 Å². The second-order valence-corrected chi connectivity index (χ2v) is 7.86. The molecule has 0 aliphatic heterocycles. The third-order valence-electron chi connectivity index (χ3n) is 5.01. The highest BCUT2D eigenvalue weighted by Crippen LogP contribution is 2.29. The number of Topliss-reactive ketones (excluding diaryl/α,β-unsaturated/α-hetero) is 1. The summed E-state index contributed by atoms with van der Waals surface area (Å²) in [5.74, 6) is -1.27. The van der Waals surface area contributed by atoms with Gasteiger partial charge in [-0.05, 0) is 48.0 Å². The Kier molecular flexibility index (Phi) is 4.90. The number of hydrogen-bond donors (Lipinski definition) is 1. The molecule has 0 saturated heterocycles. The average molecular weight is 423 g/mol. The Morgan fingerprint density at radius 2 is 1.65 bits per heavy atom. The second kappa shape index (κ2) is 8.01. The number of carbonyl (C=O) groups is 2. The van der Waals surface area contributed by atoms with Crippen molar-refractivity contribution in [3.8, 4) is 21.7 Å². The van der Waals surface area contributed by atoms with Crippen LogP contribution in [0.4, 0.5) is 5.69 Å². The molecule has 2 aromatic carbocycles. The largest absolute Gasteiger partial charge is 0.319 e. The summed E-state index contributed by atoms with van der Waals surface area (Å²) in [4.78, 5) is 30.4. The Morgan fingerprint density at radius 1 is 0.871 bits per heavy atom. The maximum Gasteiger partial charge on any atom is 0.298 e. The smallest absolute Gasteiger partial charge is 0.298 e. The lowest BCUT2D eigenvalue weighted by Gasteiger charge is -2.08. The normalized spacial score (nSPS) is 10.8. The van der Waals surface area contributed by atoms with Crippen LogP contribution in [0.3, 0.4) is 0 Å². The van der Waals surface area contributed by atoms with Crippen molar-refractivity contribution in [3.63, 3.8) is 0 Å². The number of pyridine rings is 1. The predicted molar refractivity (Wildman–Crippen MR) is 123 cm³/mol. The molecule has 0 spiro atoms. The van der Waals surface area contributed by atoms with E-state index in [-0.39, 0.29) is 0 Å². The fraction of sp³-hybridized carbons (Fsp3) is 0. The Hall–Kier alpha value is -4.03. The van der Waals surface area contributed by atoms with E-state index in [1.807, 2.05) is 72.1 Å². The Bertz CT molecular complexity index is 1370. The minimum absolute atomic E-state index is 0.346. The maximum atomic E-state index is 13.2. The first kappa shape index (κ1) is 19.0. The lowest BCUT2D eigenvalue weighted by molar-refractivity contribution is -0.112. The van der Waals surface area contributed by atoms with Crippen molar-refractivity contribution >= 4 is 34.2 Å². The summed E-state index contributed by atoms with van der Waals surface area (Å²) < 4.78 is 1.76. The van der Waals surface area contributed by atoms with E-state index in [9.17, 15) is 9.59 Å². The van der Waals surface area contributed by atoms with Crippen LogP contribution in [0, 0.1) is 0 Å². The molecule has 3 heterocycles. The van der Waals surface area contributed by atoms with Crippen molar-refractivity contribution in [3.05, 3.63) is 102 Å². The standard InChI is InChI=1S/C25H17N3O2S/c29-23(24(30)27-19-11-9-18(10-12-19)25-26-13-15-31-25)22-21(17-6-2-1-3-7-17)16-20-8-4-5-14-28(20)22/h1-16H,(H,27,30). The fourth-order valence-electron chi connectivity index (χ4n) is 3.55. The van der Waals surface area contributed by atoms with Crippen LogP contribution in [0.1, 0.15) is 10.5 Å². The first-order chi connectivity index (χ1) is 15.2. The molecule has 150 valence electrons. The molecule has 0 saturated carbocycles. The SMILES string of the molecule is O=C(Nc1ccc(-c2nccs2)cc1)C(=O)c1c(-c2ccccc2)cc2ccccn12. The van der Waals surface area contributed by atoms with Crippen molar-refractivity contribution in [2.75, 3.05) is 5.32 Å². The molecular formula is C25H17N3O2S. The van der Waals surface area contributed by atoms with Gasteiger partial charge in [-0.3, -0.25) is 9.59 Å². The number of fused-ring (bicyclic) bond motifs is 1. The van der Waals surface area contributed by atoms with E-state index in [0.717, 1.165) is 27.2 Å². The lowest BCUT2D eigenvalue weighted by Crippen LogP contribution is -2.24. The number of anilines is 1. The number of amides is 1. The first-order valence-electron chi connectivity index (χ1n) is 9.72. The molecule has 3 aromatic heterocycles. The van der Waals surface area contributed by atoms with Gasteiger partial charge in [-0.2, -0.15) is 0 Å². The monoisotopic (exact) mass is 423 g/mol. The number of hydrogen-bond acceptors (Lipinski definition) is 4. The number of aromatic nitrogens is 2. The van der Waals surface area contributed by atoms with E-state index >= 15 is 0 Å². The zero-order chi connectivity index (χ0) is 21.2. The molecule has 0 unspecified atom stereocenters. The van der Waals surface area contributed by atoms with Gasteiger partial charge >= 0.3 is 0 Å². The van der Waals surface area contributed by atoms with Crippen LogP contribution in [0.2, 0.25) is 0 Å². The Balaban J connectivity index is 1.46. The predicted octanol–water partition coefficient (Wildman–Crippen LogP) is 5.55. The highest BCUT2D eigenvalue weighted by molar-refractivity contribution is 7.13. The number of benzene rings is 2. The van der Waals surface area contributed by atoms with Gasteiger partial charge in [0, 0.05) is 40.1 Å². The molecule has 0 radical (unpaired) electrons. The molecule has 1 amide bonds. The molecular weight excluding hydrogens is 406 g/mol. The molecule has 1 N–H and O–H groups in total. The second-order valence-electron chi connectivity index (χ2n) is 6.97. The van der Waals surface area contributed by atoms with Crippen molar-refractivity contribution in [2.24, 2.45) is 0 Å². The molecule has 0 aliphatic rings. The molecule has 5 rings (SSSR count). The van der Waals surface area contributed by atoms with Crippen molar-refractivity contribution in [1.29, 1.82) is 0 Å². The molecule has 6 heteroatoms. The highest BCUT2D eigenvalue weighted by atomic mass is 32.1. The van der Waals surface area contributed by atoms with Crippen LogP contribution in [0.5, 0.6) is 0 Å². The summed E-state index contributed by atoms with van der Waals surface area (Å²) in [7, 11) is 0. The minimum Gasteiger partial charge on any atom is -0.319 e. The molecule has 31 heavy (non-hydrogen) atoms. The summed E-state index contributed by atoms with van der Waals surface area (Å²) in [5, 5.41) is 5.54. The number of thiazole rings is 1. The topological polar surface area (TPSA) is 63.5 Å². The van der Waals surface area contributed by atoms with Gasteiger partial charge in [-0.25, -0.2) is 4.98 Å². The van der Waals surface area contributed by atoms with Gasteiger partial charge in [0.15, 0.2) is 0 Å². The number of carbonyl (C=O) groups excluding carboxylic acids is 2. The summed E-state index contributed by atoms with van der Waals surface area (Å²) >= 11 is 1.54. The van der Waals surface area contributed by atoms with Crippen molar-refractivity contribution < 1.29 is 9.59 Å². The lowest BCUT2D eigenvalue weighted by atomic mass is 10.0. The third kappa shape index (κ3) is 3.65. The molecule has 0 bridgehead atoms. The van der Waals surface area contributed by atoms with Gasteiger partial charge in [0.2, 0.25) is 0 Å². The zero-order valence-corrected chi connectivity index (χ0v) is 17.2. The fourth-order valence-corrected chi connectivity index (χ4v) is 4.20. The van der Waals surface area contributed by atoms with Crippen LogP contribution in [0.15, 0.2) is 96.6 Å². The quantitative estimate of drug-likeness (QED) is 0.298. The zero-order valence-electron chi connectivity index (χ0n) is 16.4. The van der Waals surface area contributed by atoms with Crippen molar-refractivity contribution in [2.45, 2.75) is 0 Å². The summed E-state index contributed by atoms with van der Waals surface area (Å²) in [5.41, 5.74) is 4.33. The summed E-state index contributed by atoms with van der Waals surface area (Å²) in [6.07, 6.45) is 3.55. The van der Waals surface area contributed by atoms with E-state index in [0.29, 0.717) is 11.4 Å². The molecule has 0 fully saturated rings. The van der Waals surface area contributed by atoms with Crippen LogP contribution < -0.4 is 5.32 Å². The van der Waals surface area contributed by atoms with E-state index in [2.05, 4.69) is 10.3 Å². The first-order valence-corrected chi connectivity index (χ1v) is 10.6. The molecule has 0 aliphatic carbocycles.